The van der Waals surface area contributed by atoms with Crippen molar-refractivity contribution in [3.05, 3.63) is 23.9 Å². The van der Waals surface area contributed by atoms with Crippen LogP contribution >= 0.6 is 12.2 Å². The summed E-state index contributed by atoms with van der Waals surface area (Å²) in [5, 5.41) is 3.41. The van der Waals surface area contributed by atoms with Crippen molar-refractivity contribution in [2.75, 3.05) is 5.32 Å². The Morgan fingerprint density at radius 1 is 1.47 bits per heavy atom. The number of nitrogens with two attached hydrogens (primary N) is 1. The van der Waals surface area contributed by atoms with Gasteiger partial charge in [-0.15, -0.1) is 0 Å². The predicted molar refractivity (Wildman–Crippen MR) is 77.3 cm³/mol. The van der Waals surface area contributed by atoms with Crippen LogP contribution in [0.5, 0.6) is 0 Å². The van der Waals surface area contributed by atoms with E-state index in [9.17, 15) is 0 Å². The minimum Gasteiger partial charge on any atom is -0.389 e. The predicted octanol–water partition coefficient (Wildman–Crippen LogP) is 2.95. The van der Waals surface area contributed by atoms with Gasteiger partial charge in [0.05, 0.1) is 0 Å². The average molecular weight is 251 g/mol. The van der Waals surface area contributed by atoms with Crippen LogP contribution in [0, 0.1) is 5.92 Å². The molecular formula is C13H21N3S. The molecule has 4 heteroatoms. The molecule has 94 valence electrons. The lowest BCUT2D eigenvalue weighted by Crippen LogP contribution is -2.25. The third-order valence-corrected chi connectivity index (χ3v) is 3.41. The first kappa shape index (κ1) is 13.9. The zero-order chi connectivity index (χ0) is 12.8. The second-order valence-electron chi connectivity index (χ2n) is 4.30. The van der Waals surface area contributed by atoms with Crippen LogP contribution in [0.1, 0.15) is 39.2 Å². The first-order valence-corrected chi connectivity index (χ1v) is 6.51. The van der Waals surface area contributed by atoms with E-state index in [-0.39, 0.29) is 0 Å². The Balaban J connectivity index is 2.74. The van der Waals surface area contributed by atoms with Gasteiger partial charge < -0.3 is 11.1 Å². The van der Waals surface area contributed by atoms with Crippen molar-refractivity contribution in [2.45, 2.75) is 39.7 Å². The lowest BCUT2D eigenvalue weighted by atomic mass is 9.95. The van der Waals surface area contributed by atoms with Crippen molar-refractivity contribution in [3.63, 3.8) is 0 Å². The number of anilines is 1. The molecule has 0 saturated heterocycles. The molecule has 1 rings (SSSR count). The molecule has 1 aromatic heterocycles. The van der Waals surface area contributed by atoms with E-state index < -0.39 is 0 Å². The summed E-state index contributed by atoms with van der Waals surface area (Å²) in [6.07, 6.45) is 4.07. The summed E-state index contributed by atoms with van der Waals surface area (Å²) in [5.41, 5.74) is 6.46. The molecule has 0 bridgehead atoms. The number of pyridine rings is 1. The van der Waals surface area contributed by atoms with E-state index in [0.29, 0.717) is 16.9 Å². The molecule has 0 spiro atoms. The molecule has 0 amide bonds. The quantitative estimate of drug-likeness (QED) is 0.763. The summed E-state index contributed by atoms with van der Waals surface area (Å²) in [6, 6.07) is 4.13. The molecule has 1 heterocycles. The molecule has 1 unspecified atom stereocenters. The van der Waals surface area contributed by atoms with Gasteiger partial charge in [0, 0.05) is 17.8 Å². The summed E-state index contributed by atoms with van der Waals surface area (Å²) in [4.78, 5) is 4.69. The van der Waals surface area contributed by atoms with Crippen LogP contribution in [0.3, 0.4) is 0 Å². The van der Waals surface area contributed by atoms with Crippen molar-refractivity contribution in [1.82, 2.24) is 4.98 Å². The van der Waals surface area contributed by atoms with Crippen LogP contribution in [0.2, 0.25) is 0 Å². The van der Waals surface area contributed by atoms with Crippen molar-refractivity contribution < 1.29 is 0 Å². The smallest absolute Gasteiger partial charge is 0.126 e. The second-order valence-corrected chi connectivity index (χ2v) is 4.74. The minimum absolute atomic E-state index is 0.402. The lowest BCUT2D eigenvalue weighted by Gasteiger charge is -2.23. The van der Waals surface area contributed by atoms with E-state index in [1.165, 1.54) is 12.8 Å². The summed E-state index contributed by atoms with van der Waals surface area (Å²) in [6.45, 7) is 6.61. The highest BCUT2D eigenvalue weighted by Crippen LogP contribution is 2.17. The molecule has 3 nitrogen and oxygen atoms in total. The number of hydrogen-bond donors (Lipinski definition) is 2. The van der Waals surface area contributed by atoms with Gasteiger partial charge in [0.15, 0.2) is 0 Å². The molecule has 1 aromatic rings. The fourth-order valence-corrected chi connectivity index (χ4v) is 2.14. The first-order valence-electron chi connectivity index (χ1n) is 6.10. The molecule has 0 aliphatic rings. The van der Waals surface area contributed by atoms with E-state index in [0.717, 1.165) is 11.4 Å². The van der Waals surface area contributed by atoms with Gasteiger partial charge in [-0.25, -0.2) is 4.98 Å². The largest absolute Gasteiger partial charge is 0.389 e. The highest BCUT2D eigenvalue weighted by atomic mass is 32.1. The zero-order valence-corrected chi connectivity index (χ0v) is 11.6. The highest BCUT2D eigenvalue weighted by Gasteiger charge is 2.13. The molecule has 0 radical (unpaired) electrons. The Bertz CT molecular complexity index is 375. The Morgan fingerprint density at radius 2 is 2.12 bits per heavy atom. The van der Waals surface area contributed by atoms with E-state index in [4.69, 9.17) is 18.0 Å². The fourth-order valence-electron chi connectivity index (χ4n) is 2.01. The average Bonchev–Trinajstić information content (AvgIpc) is 2.30. The number of nitrogens with one attached hydrogen (secondary N) is 1. The third-order valence-electron chi connectivity index (χ3n) is 3.18. The van der Waals surface area contributed by atoms with Crippen LogP contribution < -0.4 is 11.1 Å². The van der Waals surface area contributed by atoms with E-state index in [2.05, 4.69) is 31.1 Å². The summed E-state index contributed by atoms with van der Waals surface area (Å²) in [7, 11) is 0. The van der Waals surface area contributed by atoms with Crippen LogP contribution in [0.25, 0.3) is 0 Å². The Hall–Kier alpha value is -1.16. The number of aromatic nitrogens is 1. The van der Waals surface area contributed by atoms with Gasteiger partial charge in [-0.3, -0.25) is 0 Å². The number of rotatable bonds is 6. The molecule has 0 fully saturated rings. The molecule has 0 aliphatic heterocycles. The highest BCUT2D eigenvalue weighted by molar-refractivity contribution is 7.80. The maximum Gasteiger partial charge on any atom is 0.126 e. The van der Waals surface area contributed by atoms with Crippen LogP contribution in [-0.2, 0) is 0 Å². The van der Waals surface area contributed by atoms with Crippen LogP contribution in [0.4, 0.5) is 5.82 Å². The molecule has 17 heavy (non-hydrogen) atoms. The van der Waals surface area contributed by atoms with Gasteiger partial charge in [0.2, 0.25) is 0 Å². The SMILES string of the molecule is CCC(CC)C(C)Nc1cc(C(N)=S)ccn1. The maximum atomic E-state index is 5.60. The summed E-state index contributed by atoms with van der Waals surface area (Å²) in [5.74, 6) is 1.50. The second kappa shape index (κ2) is 6.55. The number of nitrogens with zero attached hydrogens (tertiary/aromatic N) is 1. The van der Waals surface area contributed by atoms with E-state index in [1.54, 1.807) is 6.20 Å². The van der Waals surface area contributed by atoms with Gasteiger partial charge in [0.25, 0.3) is 0 Å². The van der Waals surface area contributed by atoms with Crippen LogP contribution in [-0.4, -0.2) is 16.0 Å². The summed E-state index contributed by atoms with van der Waals surface area (Å²) >= 11 is 4.95. The zero-order valence-electron chi connectivity index (χ0n) is 10.7. The first-order chi connectivity index (χ1) is 8.08. The molecule has 3 N–H and O–H groups in total. The molecule has 1 atom stereocenters. The normalized spacial score (nSPS) is 12.5. The lowest BCUT2D eigenvalue weighted by molar-refractivity contribution is 0.437. The molecule has 0 aromatic carbocycles. The Morgan fingerprint density at radius 3 is 2.65 bits per heavy atom. The Kier molecular flexibility index (Phi) is 5.35. The van der Waals surface area contributed by atoms with Crippen molar-refractivity contribution in [1.29, 1.82) is 0 Å². The van der Waals surface area contributed by atoms with Gasteiger partial charge in [-0.2, -0.15) is 0 Å². The summed E-state index contributed by atoms with van der Waals surface area (Å²) < 4.78 is 0. The third kappa shape index (κ3) is 3.97. The standard InChI is InChI=1S/C13H21N3S/c1-4-10(5-2)9(3)16-12-8-11(13(14)17)6-7-15-12/h6-10H,4-5H2,1-3H3,(H2,14,17)(H,15,16). The molecule has 0 aliphatic carbocycles. The van der Waals surface area contributed by atoms with Crippen molar-refractivity contribution in [2.24, 2.45) is 11.7 Å². The Labute approximate surface area is 109 Å². The van der Waals surface area contributed by atoms with E-state index in [1.807, 2.05) is 12.1 Å². The number of thiocarbonyl (C=S) groups is 1. The number of hydrogen-bond acceptors (Lipinski definition) is 3. The topological polar surface area (TPSA) is 50.9 Å². The van der Waals surface area contributed by atoms with Gasteiger partial charge in [-0.1, -0.05) is 38.9 Å². The molecule has 0 saturated carbocycles. The fraction of sp³-hybridized carbons (Fsp3) is 0.538. The monoisotopic (exact) mass is 251 g/mol. The van der Waals surface area contributed by atoms with Gasteiger partial charge in [0.1, 0.15) is 10.8 Å². The van der Waals surface area contributed by atoms with E-state index >= 15 is 0 Å². The molecular weight excluding hydrogens is 230 g/mol. The minimum atomic E-state index is 0.402. The maximum absolute atomic E-state index is 5.60. The van der Waals surface area contributed by atoms with Crippen molar-refractivity contribution in [3.8, 4) is 0 Å². The van der Waals surface area contributed by atoms with Gasteiger partial charge >= 0.3 is 0 Å². The van der Waals surface area contributed by atoms with Gasteiger partial charge in [-0.05, 0) is 25.0 Å². The van der Waals surface area contributed by atoms with Crippen LogP contribution in [0.15, 0.2) is 18.3 Å². The van der Waals surface area contributed by atoms with Crippen molar-refractivity contribution >= 4 is 23.0 Å².